The fraction of sp³-hybridized carbons (Fsp3) is 0.235. The van der Waals surface area contributed by atoms with E-state index in [1.165, 1.54) is 17.5 Å². The predicted octanol–water partition coefficient (Wildman–Crippen LogP) is 4.92. The van der Waals surface area contributed by atoms with Crippen LogP contribution in [0.5, 0.6) is 0 Å². The van der Waals surface area contributed by atoms with Gasteiger partial charge in [0.2, 0.25) is 0 Å². The molecule has 1 N–H and O–H groups in total. The summed E-state index contributed by atoms with van der Waals surface area (Å²) in [6, 6.07) is 16.0. The summed E-state index contributed by atoms with van der Waals surface area (Å²) in [5.41, 5.74) is 3.24. The van der Waals surface area contributed by atoms with Crippen LogP contribution in [-0.2, 0) is 5.41 Å². The van der Waals surface area contributed by atoms with Gasteiger partial charge in [0.05, 0.1) is 0 Å². The van der Waals surface area contributed by atoms with E-state index in [0.717, 1.165) is 16.9 Å². The molecule has 0 atom stereocenters. The minimum atomic E-state index is 0.171. The normalized spacial score (nSPS) is 11.2. The van der Waals surface area contributed by atoms with Crippen LogP contribution >= 0.6 is 11.9 Å². The number of benzene rings is 2. The molecular formula is C17H19NOS. The number of anilines is 1. The minimum absolute atomic E-state index is 0.171. The number of hydrogen-bond acceptors (Lipinski definition) is 3. The summed E-state index contributed by atoms with van der Waals surface area (Å²) >= 11 is 1.51. The molecule has 0 aliphatic carbocycles. The molecular weight excluding hydrogens is 266 g/mol. The van der Waals surface area contributed by atoms with Crippen LogP contribution in [0.3, 0.4) is 0 Å². The Labute approximate surface area is 124 Å². The van der Waals surface area contributed by atoms with Crippen molar-refractivity contribution in [3.63, 3.8) is 0 Å². The lowest BCUT2D eigenvalue weighted by Crippen LogP contribution is -2.10. The van der Waals surface area contributed by atoms with E-state index >= 15 is 0 Å². The molecule has 0 aliphatic heterocycles. The van der Waals surface area contributed by atoms with Crippen molar-refractivity contribution in [2.24, 2.45) is 0 Å². The Balaban J connectivity index is 2.02. The van der Waals surface area contributed by atoms with Gasteiger partial charge in [-0.1, -0.05) is 45.0 Å². The lowest BCUT2D eigenvalue weighted by Gasteiger charge is -2.19. The third kappa shape index (κ3) is 3.87. The van der Waals surface area contributed by atoms with Crippen LogP contribution in [0.1, 0.15) is 36.7 Å². The number of carbonyl (C=O) groups excluding carboxylic acids is 1. The lowest BCUT2D eigenvalue weighted by molar-refractivity contribution is 0.112. The summed E-state index contributed by atoms with van der Waals surface area (Å²) in [7, 11) is 0. The topological polar surface area (TPSA) is 29.1 Å². The first-order valence-electron chi connectivity index (χ1n) is 6.58. The maximum atomic E-state index is 10.7. The summed E-state index contributed by atoms with van der Waals surface area (Å²) < 4.78 is 3.29. The maximum absolute atomic E-state index is 10.7. The zero-order valence-corrected chi connectivity index (χ0v) is 12.8. The molecule has 20 heavy (non-hydrogen) atoms. The van der Waals surface area contributed by atoms with Crippen molar-refractivity contribution in [3.8, 4) is 0 Å². The molecule has 0 amide bonds. The standard InChI is InChI=1S/C17H19NOS/c1-17(2,3)14-7-9-15(10-8-14)18-20-16-6-4-5-13(11-16)12-19/h4-12,18H,1-3H3. The van der Waals surface area contributed by atoms with Gasteiger partial charge in [-0.2, -0.15) is 0 Å². The molecule has 2 nitrogen and oxygen atoms in total. The molecule has 2 aromatic carbocycles. The smallest absolute Gasteiger partial charge is 0.150 e. The number of nitrogens with one attached hydrogen (secondary N) is 1. The molecule has 0 bridgehead atoms. The van der Waals surface area contributed by atoms with E-state index < -0.39 is 0 Å². The van der Waals surface area contributed by atoms with Crippen LogP contribution in [0.25, 0.3) is 0 Å². The molecule has 0 saturated heterocycles. The van der Waals surface area contributed by atoms with Crippen LogP contribution in [0, 0.1) is 0 Å². The Bertz CT molecular complexity index is 585. The highest BCUT2D eigenvalue weighted by atomic mass is 32.2. The minimum Gasteiger partial charge on any atom is -0.326 e. The first kappa shape index (κ1) is 14.7. The zero-order valence-electron chi connectivity index (χ0n) is 12.0. The van der Waals surface area contributed by atoms with Gasteiger partial charge >= 0.3 is 0 Å². The largest absolute Gasteiger partial charge is 0.326 e. The molecule has 104 valence electrons. The summed E-state index contributed by atoms with van der Waals surface area (Å²) in [6.45, 7) is 6.61. The third-order valence-corrected chi connectivity index (χ3v) is 3.86. The molecule has 0 heterocycles. The van der Waals surface area contributed by atoms with Crippen LogP contribution in [0.4, 0.5) is 5.69 Å². The highest BCUT2D eigenvalue weighted by Crippen LogP contribution is 2.26. The van der Waals surface area contributed by atoms with E-state index in [1.54, 1.807) is 6.07 Å². The third-order valence-electron chi connectivity index (χ3n) is 3.03. The molecule has 2 aromatic rings. The number of carbonyl (C=O) groups is 1. The highest BCUT2D eigenvalue weighted by Gasteiger charge is 2.12. The van der Waals surface area contributed by atoms with Crippen molar-refractivity contribution in [2.45, 2.75) is 31.1 Å². The molecule has 0 radical (unpaired) electrons. The summed E-state index contributed by atoms with van der Waals surface area (Å²) in [5.74, 6) is 0. The fourth-order valence-corrected chi connectivity index (χ4v) is 2.52. The van der Waals surface area contributed by atoms with Crippen molar-refractivity contribution in [1.29, 1.82) is 0 Å². The Morgan fingerprint density at radius 3 is 2.35 bits per heavy atom. The average molecular weight is 285 g/mol. The molecule has 0 saturated carbocycles. The van der Waals surface area contributed by atoms with Crippen LogP contribution in [0.15, 0.2) is 53.4 Å². The second kappa shape index (κ2) is 6.14. The van der Waals surface area contributed by atoms with E-state index in [0.29, 0.717) is 5.56 Å². The van der Waals surface area contributed by atoms with Crippen LogP contribution in [-0.4, -0.2) is 6.29 Å². The van der Waals surface area contributed by atoms with Crippen LogP contribution < -0.4 is 4.72 Å². The van der Waals surface area contributed by atoms with Crippen LogP contribution in [0.2, 0.25) is 0 Å². The van der Waals surface area contributed by atoms with Gasteiger partial charge < -0.3 is 4.72 Å². The average Bonchev–Trinajstić information content (AvgIpc) is 2.45. The quantitative estimate of drug-likeness (QED) is 0.639. The summed E-state index contributed by atoms with van der Waals surface area (Å²) in [6.07, 6.45) is 0.863. The number of hydrogen-bond donors (Lipinski definition) is 1. The molecule has 0 aliphatic rings. The number of aldehydes is 1. The first-order chi connectivity index (χ1) is 9.49. The van der Waals surface area contributed by atoms with E-state index in [-0.39, 0.29) is 5.41 Å². The van der Waals surface area contributed by atoms with Crippen molar-refractivity contribution in [1.82, 2.24) is 0 Å². The Kier molecular flexibility index (Phi) is 4.50. The molecule has 0 spiro atoms. The monoisotopic (exact) mass is 285 g/mol. The van der Waals surface area contributed by atoms with Gasteiger partial charge in [-0.15, -0.1) is 0 Å². The van der Waals surface area contributed by atoms with Gasteiger partial charge in [0.25, 0.3) is 0 Å². The second-order valence-electron chi connectivity index (χ2n) is 5.72. The first-order valence-corrected chi connectivity index (χ1v) is 7.39. The Hall–Kier alpha value is -1.74. The van der Waals surface area contributed by atoms with Gasteiger partial charge in [0, 0.05) is 16.1 Å². The van der Waals surface area contributed by atoms with Gasteiger partial charge in [-0.05, 0) is 47.2 Å². The number of rotatable bonds is 4. The highest BCUT2D eigenvalue weighted by molar-refractivity contribution is 8.00. The van der Waals surface area contributed by atoms with E-state index in [4.69, 9.17) is 0 Å². The van der Waals surface area contributed by atoms with Gasteiger partial charge in [0.1, 0.15) is 6.29 Å². The van der Waals surface area contributed by atoms with Crippen molar-refractivity contribution >= 4 is 23.9 Å². The van der Waals surface area contributed by atoms with Crippen molar-refractivity contribution in [3.05, 3.63) is 59.7 Å². The van der Waals surface area contributed by atoms with Gasteiger partial charge in [-0.3, -0.25) is 4.79 Å². The van der Waals surface area contributed by atoms with Gasteiger partial charge in [-0.25, -0.2) is 0 Å². The zero-order chi connectivity index (χ0) is 14.6. The second-order valence-corrected chi connectivity index (χ2v) is 6.60. The predicted molar refractivity (Wildman–Crippen MR) is 86.5 cm³/mol. The van der Waals surface area contributed by atoms with E-state index in [2.05, 4.69) is 49.8 Å². The van der Waals surface area contributed by atoms with Gasteiger partial charge in [0.15, 0.2) is 0 Å². The molecule has 0 aromatic heterocycles. The molecule has 0 unspecified atom stereocenters. The Morgan fingerprint density at radius 1 is 1.05 bits per heavy atom. The molecule has 3 heteroatoms. The van der Waals surface area contributed by atoms with Crippen molar-refractivity contribution in [2.75, 3.05) is 4.72 Å². The fourth-order valence-electron chi connectivity index (χ4n) is 1.81. The summed E-state index contributed by atoms with van der Waals surface area (Å²) in [5, 5.41) is 0. The molecule has 2 rings (SSSR count). The van der Waals surface area contributed by atoms with E-state index in [1.807, 2.05) is 18.2 Å². The lowest BCUT2D eigenvalue weighted by atomic mass is 9.87. The van der Waals surface area contributed by atoms with E-state index in [9.17, 15) is 4.79 Å². The SMILES string of the molecule is CC(C)(C)c1ccc(NSc2cccc(C=O)c2)cc1. The summed E-state index contributed by atoms with van der Waals surface area (Å²) in [4.78, 5) is 11.8. The van der Waals surface area contributed by atoms with Crippen molar-refractivity contribution < 1.29 is 4.79 Å². The molecule has 0 fully saturated rings. The Morgan fingerprint density at radius 2 is 1.75 bits per heavy atom. The maximum Gasteiger partial charge on any atom is 0.150 e.